The van der Waals surface area contributed by atoms with Crippen LogP contribution in [0.15, 0.2) is 29.1 Å². The summed E-state index contributed by atoms with van der Waals surface area (Å²) in [4.78, 5) is 16.9. The van der Waals surface area contributed by atoms with Crippen molar-refractivity contribution in [1.82, 2.24) is 9.55 Å². The average Bonchev–Trinajstić information content (AvgIpc) is 3.21. The van der Waals surface area contributed by atoms with Crippen LogP contribution >= 0.6 is 11.6 Å². The molecule has 0 atom stereocenters. The Bertz CT molecular complexity index is 631. The van der Waals surface area contributed by atoms with Gasteiger partial charge in [0.15, 0.2) is 0 Å². The third kappa shape index (κ3) is 2.15. The molecule has 0 saturated heterocycles. The van der Waals surface area contributed by atoms with E-state index in [1.165, 1.54) is 12.8 Å². The van der Waals surface area contributed by atoms with Crippen molar-refractivity contribution in [2.24, 2.45) is 5.92 Å². The quantitative estimate of drug-likeness (QED) is 0.794. The molecule has 0 radical (unpaired) electrons. The predicted octanol–water partition coefficient (Wildman–Crippen LogP) is 2.94. The normalized spacial score (nSPS) is 15.2. The molecule has 0 unspecified atom stereocenters. The number of para-hydroxylation sites is 1. The minimum Gasteiger partial charge on any atom is -0.295 e. The number of hydrogen-bond acceptors (Lipinski definition) is 2. The van der Waals surface area contributed by atoms with Gasteiger partial charge in [-0.2, -0.15) is 0 Å². The lowest BCUT2D eigenvalue weighted by molar-refractivity contribution is 0.561. The third-order valence-corrected chi connectivity index (χ3v) is 3.76. The molecule has 18 heavy (non-hydrogen) atoms. The molecule has 0 amide bonds. The number of nitrogens with zero attached hydrogens (tertiary/aromatic N) is 2. The number of halogens is 1. The zero-order valence-electron chi connectivity index (χ0n) is 10.1. The van der Waals surface area contributed by atoms with Crippen LogP contribution in [0.1, 0.15) is 25.1 Å². The molecule has 1 aromatic carbocycles. The Balaban J connectivity index is 2.08. The molecule has 1 fully saturated rings. The van der Waals surface area contributed by atoms with Crippen LogP contribution in [0.25, 0.3) is 10.9 Å². The summed E-state index contributed by atoms with van der Waals surface area (Å²) < 4.78 is 1.74. The summed E-state index contributed by atoms with van der Waals surface area (Å²) in [6, 6.07) is 7.45. The van der Waals surface area contributed by atoms with Crippen LogP contribution < -0.4 is 5.56 Å². The summed E-state index contributed by atoms with van der Waals surface area (Å²) in [5.41, 5.74) is 0.776. The summed E-state index contributed by atoms with van der Waals surface area (Å²) >= 11 is 5.91. The zero-order chi connectivity index (χ0) is 12.5. The Morgan fingerprint density at radius 1 is 1.33 bits per heavy atom. The van der Waals surface area contributed by atoms with E-state index >= 15 is 0 Å². The molecule has 4 heteroatoms. The number of hydrogen-bond donors (Lipinski definition) is 0. The van der Waals surface area contributed by atoms with E-state index in [1.807, 2.05) is 24.3 Å². The van der Waals surface area contributed by atoms with Crippen molar-refractivity contribution in [3.63, 3.8) is 0 Å². The maximum Gasteiger partial charge on any atom is 0.261 e. The molecule has 1 heterocycles. The second-order valence-electron chi connectivity index (χ2n) is 4.87. The van der Waals surface area contributed by atoms with Gasteiger partial charge >= 0.3 is 0 Å². The van der Waals surface area contributed by atoms with Gasteiger partial charge in [-0.05, 0) is 24.5 Å². The number of fused-ring (bicyclic) bond motifs is 1. The van der Waals surface area contributed by atoms with Gasteiger partial charge in [-0.25, -0.2) is 4.98 Å². The first-order chi connectivity index (χ1) is 8.79. The van der Waals surface area contributed by atoms with Crippen molar-refractivity contribution in [3.05, 3.63) is 40.4 Å². The van der Waals surface area contributed by atoms with E-state index in [2.05, 4.69) is 4.98 Å². The van der Waals surface area contributed by atoms with Gasteiger partial charge in [0.2, 0.25) is 0 Å². The van der Waals surface area contributed by atoms with E-state index in [0.29, 0.717) is 11.2 Å². The second-order valence-corrected chi connectivity index (χ2v) is 5.13. The summed E-state index contributed by atoms with van der Waals surface area (Å²) in [6.45, 7) is 0.739. The molecule has 0 bridgehead atoms. The maximum atomic E-state index is 12.4. The fraction of sp³-hybridized carbons (Fsp3) is 0.429. The van der Waals surface area contributed by atoms with Crippen molar-refractivity contribution in [1.29, 1.82) is 0 Å². The lowest BCUT2D eigenvalue weighted by Gasteiger charge is -2.11. The van der Waals surface area contributed by atoms with Crippen molar-refractivity contribution in [2.75, 3.05) is 0 Å². The minimum atomic E-state index is 0.0388. The van der Waals surface area contributed by atoms with Crippen molar-refractivity contribution < 1.29 is 0 Å². The Kier molecular flexibility index (Phi) is 3.08. The summed E-state index contributed by atoms with van der Waals surface area (Å²) in [7, 11) is 0. The van der Waals surface area contributed by atoms with E-state index in [-0.39, 0.29) is 11.4 Å². The number of aromatic nitrogens is 2. The van der Waals surface area contributed by atoms with Crippen LogP contribution in [-0.4, -0.2) is 9.55 Å². The highest BCUT2D eigenvalue weighted by Gasteiger charge is 2.21. The standard InChI is InChI=1S/C14H15ClN2O/c15-9-13-16-12-4-2-1-3-11(12)14(18)17(13)8-7-10-5-6-10/h1-4,10H,5-9H2. The molecule has 1 aliphatic carbocycles. The monoisotopic (exact) mass is 262 g/mol. The largest absolute Gasteiger partial charge is 0.295 e. The summed E-state index contributed by atoms with van der Waals surface area (Å²) in [5.74, 6) is 1.76. The van der Waals surface area contributed by atoms with E-state index in [9.17, 15) is 4.79 Å². The zero-order valence-corrected chi connectivity index (χ0v) is 10.9. The molecule has 94 valence electrons. The Morgan fingerprint density at radius 3 is 2.83 bits per heavy atom. The molecule has 0 spiro atoms. The first kappa shape index (κ1) is 11.7. The molecule has 2 aromatic rings. The fourth-order valence-electron chi connectivity index (χ4n) is 2.26. The van der Waals surface area contributed by atoms with E-state index < -0.39 is 0 Å². The van der Waals surface area contributed by atoms with Crippen LogP contribution in [0.3, 0.4) is 0 Å². The topological polar surface area (TPSA) is 34.9 Å². The molecule has 1 aliphatic rings. The van der Waals surface area contributed by atoms with E-state index in [0.717, 1.165) is 24.4 Å². The molecular formula is C14H15ClN2O. The predicted molar refractivity (Wildman–Crippen MR) is 72.9 cm³/mol. The molecular weight excluding hydrogens is 248 g/mol. The SMILES string of the molecule is O=c1c2ccccc2nc(CCl)n1CCC1CC1. The Hall–Kier alpha value is -1.35. The lowest BCUT2D eigenvalue weighted by Crippen LogP contribution is -2.25. The summed E-state index contributed by atoms with van der Waals surface area (Å²) in [5, 5.41) is 0.683. The van der Waals surface area contributed by atoms with Crippen LogP contribution in [0.5, 0.6) is 0 Å². The molecule has 0 N–H and O–H groups in total. The second kappa shape index (κ2) is 4.73. The van der Waals surface area contributed by atoms with Gasteiger partial charge < -0.3 is 0 Å². The molecule has 0 aliphatic heterocycles. The molecule has 1 saturated carbocycles. The third-order valence-electron chi connectivity index (χ3n) is 3.52. The molecule has 3 nitrogen and oxygen atoms in total. The number of benzene rings is 1. The highest BCUT2D eigenvalue weighted by Crippen LogP contribution is 2.32. The van der Waals surface area contributed by atoms with Gasteiger partial charge in [-0.1, -0.05) is 25.0 Å². The number of rotatable bonds is 4. The molecule has 1 aromatic heterocycles. The smallest absolute Gasteiger partial charge is 0.261 e. The van der Waals surface area contributed by atoms with Crippen LogP contribution in [-0.2, 0) is 12.4 Å². The van der Waals surface area contributed by atoms with Crippen LogP contribution in [0.2, 0.25) is 0 Å². The maximum absolute atomic E-state index is 12.4. The van der Waals surface area contributed by atoms with Crippen LogP contribution in [0, 0.1) is 5.92 Å². The minimum absolute atomic E-state index is 0.0388. The van der Waals surface area contributed by atoms with E-state index in [4.69, 9.17) is 11.6 Å². The van der Waals surface area contributed by atoms with Gasteiger partial charge in [0.1, 0.15) is 5.82 Å². The Labute approximate surface area is 110 Å². The molecule has 3 rings (SSSR count). The van der Waals surface area contributed by atoms with Gasteiger partial charge in [0.25, 0.3) is 5.56 Å². The van der Waals surface area contributed by atoms with Crippen molar-refractivity contribution >= 4 is 22.5 Å². The highest BCUT2D eigenvalue weighted by atomic mass is 35.5. The lowest BCUT2D eigenvalue weighted by atomic mass is 10.2. The van der Waals surface area contributed by atoms with Gasteiger partial charge in [0.05, 0.1) is 16.8 Å². The van der Waals surface area contributed by atoms with Crippen molar-refractivity contribution in [2.45, 2.75) is 31.7 Å². The van der Waals surface area contributed by atoms with Crippen LogP contribution in [0.4, 0.5) is 0 Å². The Morgan fingerprint density at radius 2 is 2.11 bits per heavy atom. The first-order valence-corrected chi connectivity index (χ1v) is 6.87. The van der Waals surface area contributed by atoms with Crippen molar-refractivity contribution in [3.8, 4) is 0 Å². The van der Waals surface area contributed by atoms with Gasteiger partial charge in [-0.3, -0.25) is 9.36 Å². The fourth-order valence-corrected chi connectivity index (χ4v) is 2.47. The van der Waals surface area contributed by atoms with Gasteiger partial charge in [0, 0.05) is 6.54 Å². The first-order valence-electron chi connectivity index (χ1n) is 6.34. The average molecular weight is 263 g/mol. The summed E-state index contributed by atoms with van der Waals surface area (Å²) in [6.07, 6.45) is 3.65. The number of alkyl halides is 1. The van der Waals surface area contributed by atoms with E-state index in [1.54, 1.807) is 4.57 Å². The highest BCUT2D eigenvalue weighted by molar-refractivity contribution is 6.16. The van der Waals surface area contributed by atoms with Gasteiger partial charge in [-0.15, -0.1) is 11.6 Å².